The van der Waals surface area contributed by atoms with Crippen LogP contribution in [-0.2, 0) is 21.2 Å². The third-order valence-corrected chi connectivity index (χ3v) is 6.74. The summed E-state index contributed by atoms with van der Waals surface area (Å²) in [7, 11) is -3.58. The van der Waals surface area contributed by atoms with Crippen LogP contribution in [-0.4, -0.2) is 44.2 Å². The highest BCUT2D eigenvalue weighted by Crippen LogP contribution is 2.24. The minimum absolute atomic E-state index is 0.0476. The fraction of sp³-hybridized carbons (Fsp3) is 0.333. The van der Waals surface area contributed by atoms with Crippen LogP contribution in [0, 0.1) is 0 Å². The number of amidine groups is 1. The van der Waals surface area contributed by atoms with Crippen LogP contribution in [0.1, 0.15) is 30.4 Å². The van der Waals surface area contributed by atoms with Gasteiger partial charge in [-0.25, -0.2) is 8.42 Å². The quantitative estimate of drug-likeness (QED) is 0.841. The molecule has 2 heterocycles. The van der Waals surface area contributed by atoms with Gasteiger partial charge in [0.05, 0.1) is 4.90 Å². The molecule has 1 N–H and O–H groups in total. The Hall–Kier alpha value is -2.67. The molecule has 1 unspecified atom stereocenters. The Morgan fingerprint density at radius 1 is 1.11 bits per heavy atom. The molecule has 0 aromatic heterocycles. The van der Waals surface area contributed by atoms with E-state index in [4.69, 9.17) is 0 Å². The molecule has 0 aliphatic carbocycles. The van der Waals surface area contributed by atoms with Gasteiger partial charge in [0, 0.05) is 18.2 Å². The average Bonchev–Trinajstić information content (AvgIpc) is 3.28. The number of benzene rings is 2. The van der Waals surface area contributed by atoms with E-state index in [0.717, 1.165) is 32.2 Å². The summed E-state index contributed by atoms with van der Waals surface area (Å²) in [6, 6.07) is 17.2. The summed E-state index contributed by atoms with van der Waals surface area (Å²) in [5.41, 5.74) is 1.80. The summed E-state index contributed by atoms with van der Waals surface area (Å²) in [6.45, 7) is 0.694. The van der Waals surface area contributed by atoms with Gasteiger partial charge >= 0.3 is 0 Å². The molecule has 0 bridgehead atoms. The van der Waals surface area contributed by atoms with Crippen LogP contribution in [0.5, 0.6) is 0 Å². The number of rotatable bonds is 5. The highest BCUT2D eigenvalue weighted by Gasteiger charge is 2.31. The van der Waals surface area contributed by atoms with Crippen LogP contribution < -0.4 is 4.72 Å². The molecular weight excluding hydrogens is 374 g/mol. The molecule has 2 aliphatic heterocycles. The van der Waals surface area contributed by atoms with Gasteiger partial charge in [0.2, 0.25) is 5.91 Å². The molecule has 28 heavy (non-hydrogen) atoms. The van der Waals surface area contributed by atoms with E-state index in [9.17, 15) is 13.2 Å². The predicted octanol–water partition coefficient (Wildman–Crippen LogP) is 2.35. The van der Waals surface area contributed by atoms with Crippen molar-refractivity contribution in [3.8, 4) is 0 Å². The topological polar surface area (TPSA) is 78.8 Å². The van der Waals surface area contributed by atoms with E-state index in [0.29, 0.717) is 5.56 Å². The molecule has 146 valence electrons. The second-order valence-electron chi connectivity index (χ2n) is 7.17. The number of carbonyl (C=O) groups excluding carboxylic acids is 1. The van der Waals surface area contributed by atoms with Crippen LogP contribution in [0.25, 0.3) is 0 Å². The van der Waals surface area contributed by atoms with Crippen LogP contribution >= 0.6 is 0 Å². The van der Waals surface area contributed by atoms with Gasteiger partial charge in [0.25, 0.3) is 10.0 Å². The largest absolute Gasteiger partial charge is 0.338 e. The highest BCUT2D eigenvalue weighted by molar-refractivity contribution is 7.90. The summed E-state index contributed by atoms with van der Waals surface area (Å²) in [4.78, 5) is 19.1. The molecule has 0 radical (unpaired) electrons. The molecule has 6 nitrogen and oxygen atoms in total. The Bertz CT molecular complexity index is 1000. The molecule has 4 rings (SSSR count). The SMILES string of the molecule is O=C(CN=C1NS(=O)(=O)c2ccccc21)N1CCCC1CCc1ccccc1. The van der Waals surface area contributed by atoms with Crippen molar-refractivity contribution in [2.45, 2.75) is 36.6 Å². The average molecular weight is 398 g/mol. The molecule has 2 aromatic carbocycles. The fourth-order valence-electron chi connectivity index (χ4n) is 3.93. The molecule has 1 fully saturated rings. The van der Waals surface area contributed by atoms with Gasteiger partial charge < -0.3 is 4.90 Å². The number of fused-ring (bicyclic) bond motifs is 1. The number of amides is 1. The van der Waals surface area contributed by atoms with Gasteiger partial charge in [-0.1, -0.05) is 42.5 Å². The maximum atomic E-state index is 12.7. The third-order valence-electron chi connectivity index (χ3n) is 5.34. The molecule has 0 saturated carbocycles. The maximum absolute atomic E-state index is 12.7. The first kappa shape index (κ1) is 18.7. The van der Waals surface area contributed by atoms with Gasteiger partial charge in [0.1, 0.15) is 12.4 Å². The van der Waals surface area contributed by atoms with Crippen molar-refractivity contribution >= 4 is 21.8 Å². The number of carbonyl (C=O) groups is 1. The summed E-state index contributed by atoms with van der Waals surface area (Å²) in [5, 5.41) is 0. The number of nitrogens with zero attached hydrogens (tertiary/aromatic N) is 2. The van der Waals surface area contributed by atoms with E-state index >= 15 is 0 Å². The number of likely N-dealkylation sites (tertiary alicyclic amines) is 1. The number of aliphatic imine (C=N–C) groups is 1. The lowest BCUT2D eigenvalue weighted by molar-refractivity contribution is -0.130. The van der Waals surface area contributed by atoms with E-state index < -0.39 is 10.0 Å². The Labute approximate surface area is 165 Å². The van der Waals surface area contributed by atoms with Crippen molar-refractivity contribution in [3.05, 3.63) is 65.7 Å². The van der Waals surface area contributed by atoms with Gasteiger partial charge in [-0.2, -0.15) is 0 Å². The number of hydrogen-bond donors (Lipinski definition) is 1. The van der Waals surface area contributed by atoms with Crippen molar-refractivity contribution < 1.29 is 13.2 Å². The van der Waals surface area contributed by atoms with Crippen molar-refractivity contribution in [2.24, 2.45) is 4.99 Å². The number of nitrogens with one attached hydrogen (secondary N) is 1. The van der Waals surface area contributed by atoms with Gasteiger partial charge in [-0.15, -0.1) is 0 Å². The van der Waals surface area contributed by atoms with Crippen molar-refractivity contribution in [2.75, 3.05) is 13.1 Å². The Kier molecular flexibility index (Phi) is 5.17. The lowest BCUT2D eigenvalue weighted by Crippen LogP contribution is -2.37. The van der Waals surface area contributed by atoms with E-state index in [-0.39, 0.29) is 29.2 Å². The number of aryl methyl sites for hydroxylation is 1. The smallest absolute Gasteiger partial charge is 0.263 e. The third kappa shape index (κ3) is 3.80. The first-order chi connectivity index (χ1) is 13.5. The molecule has 0 spiro atoms. The van der Waals surface area contributed by atoms with E-state index in [1.807, 2.05) is 23.1 Å². The van der Waals surface area contributed by atoms with E-state index in [2.05, 4.69) is 21.8 Å². The standard InChI is InChI=1S/C21H23N3O3S/c25-20(15-22-21-18-10-4-5-11-19(18)28(26,27)23-21)24-14-6-9-17(24)13-12-16-7-2-1-3-8-16/h1-5,7-8,10-11,17H,6,9,12-15H2,(H,22,23). The zero-order valence-electron chi connectivity index (χ0n) is 15.5. The van der Waals surface area contributed by atoms with Crippen LogP contribution in [0.15, 0.2) is 64.5 Å². The van der Waals surface area contributed by atoms with Gasteiger partial charge in [-0.05, 0) is 43.4 Å². The molecule has 1 saturated heterocycles. The van der Waals surface area contributed by atoms with Crippen molar-refractivity contribution in [1.82, 2.24) is 9.62 Å². The lowest BCUT2D eigenvalue weighted by Gasteiger charge is -2.24. The van der Waals surface area contributed by atoms with E-state index in [1.165, 1.54) is 5.56 Å². The minimum atomic E-state index is -3.58. The summed E-state index contributed by atoms with van der Waals surface area (Å²) in [5.74, 6) is 0.204. The fourth-order valence-corrected chi connectivity index (χ4v) is 5.18. The van der Waals surface area contributed by atoms with Crippen molar-refractivity contribution in [3.63, 3.8) is 0 Å². The monoisotopic (exact) mass is 397 g/mol. The Morgan fingerprint density at radius 3 is 2.68 bits per heavy atom. The van der Waals surface area contributed by atoms with Gasteiger partial charge in [-0.3, -0.25) is 14.5 Å². The highest BCUT2D eigenvalue weighted by atomic mass is 32.2. The second-order valence-corrected chi connectivity index (χ2v) is 8.82. The summed E-state index contributed by atoms with van der Waals surface area (Å²) < 4.78 is 26.7. The van der Waals surface area contributed by atoms with E-state index in [1.54, 1.807) is 24.3 Å². The first-order valence-corrected chi connectivity index (χ1v) is 11.0. The van der Waals surface area contributed by atoms with Crippen LogP contribution in [0.4, 0.5) is 0 Å². The minimum Gasteiger partial charge on any atom is -0.338 e. The second kappa shape index (κ2) is 7.75. The van der Waals surface area contributed by atoms with Gasteiger partial charge in [0.15, 0.2) is 0 Å². The first-order valence-electron chi connectivity index (χ1n) is 9.55. The van der Waals surface area contributed by atoms with Crippen LogP contribution in [0.3, 0.4) is 0 Å². The Morgan fingerprint density at radius 2 is 1.86 bits per heavy atom. The Balaban J connectivity index is 1.41. The molecule has 7 heteroatoms. The molecule has 2 aromatic rings. The zero-order chi connectivity index (χ0) is 19.6. The zero-order valence-corrected chi connectivity index (χ0v) is 16.4. The predicted molar refractivity (Wildman–Crippen MR) is 108 cm³/mol. The maximum Gasteiger partial charge on any atom is 0.263 e. The molecular formula is C21H23N3O3S. The molecule has 1 amide bonds. The summed E-state index contributed by atoms with van der Waals surface area (Å²) in [6.07, 6.45) is 3.88. The van der Waals surface area contributed by atoms with Crippen LogP contribution in [0.2, 0.25) is 0 Å². The molecule has 1 atom stereocenters. The summed E-state index contributed by atoms with van der Waals surface area (Å²) >= 11 is 0. The number of sulfonamides is 1. The van der Waals surface area contributed by atoms with Crippen molar-refractivity contribution in [1.29, 1.82) is 0 Å². The number of hydrogen-bond acceptors (Lipinski definition) is 4. The lowest BCUT2D eigenvalue weighted by atomic mass is 10.0. The normalized spacial score (nSPS) is 21.5. The molecule has 2 aliphatic rings.